The summed E-state index contributed by atoms with van der Waals surface area (Å²) in [6.45, 7) is 4.84. The molecule has 0 aromatic rings. The van der Waals surface area contributed by atoms with E-state index in [1.807, 2.05) is 13.0 Å². The summed E-state index contributed by atoms with van der Waals surface area (Å²) >= 11 is 0. The second kappa shape index (κ2) is 13.9. The normalized spacial score (nSPS) is 11.9. The van der Waals surface area contributed by atoms with Crippen LogP contribution >= 0.6 is 0 Å². The molecule has 0 fully saturated rings. The standard InChI is InChI=1S/C14H28O4Si/c1-5-7-8-9-10-11-12-17-13(6-2)18-19-14(15-3)16-4/h6,14H,5,7-12H2,1-4H3. The molecule has 0 atom stereocenters. The Kier molecular flexibility index (Phi) is 13.5. The summed E-state index contributed by atoms with van der Waals surface area (Å²) in [6, 6.07) is 0. The van der Waals surface area contributed by atoms with Crippen molar-refractivity contribution in [2.45, 2.75) is 58.3 Å². The van der Waals surface area contributed by atoms with Crippen molar-refractivity contribution in [2.75, 3.05) is 20.8 Å². The first kappa shape index (κ1) is 18.5. The van der Waals surface area contributed by atoms with Gasteiger partial charge in [-0.2, -0.15) is 0 Å². The number of allylic oxidation sites excluding steroid dienone is 1. The average Bonchev–Trinajstić information content (AvgIpc) is 2.45. The van der Waals surface area contributed by atoms with E-state index in [2.05, 4.69) is 6.92 Å². The lowest BCUT2D eigenvalue weighted by atomic mass is 10.1. The highest BCUT2D eigenvalue weighted by molar-refractivity contribution is 6.28. The van der Waals surface area contributed by atoms with Gasteiger partial charge in [0.15, 0.2) is 5.91 Å². The molecule has 0 aliphatic heterocycles. The lowest BCUT2D eigenvalue weighted by molar-refractivity contribution is -0.0544. The van der Waals surface area contributed by atoms with Crippen molar-refractivity contribution in [3.8, 4) is 0 Å². The monoisotopic (exact) mass is 288 g/mol. The molecule has 0 bridgehead atoms. The number of hydrogen-bond donors (Lipinski definition) is 0. The third kappa shape index (κ3) is 11.0. The second-order valence-electron chi connectivity index (χ2n) is 4.25. The Hall–Kier alpha value is -0.523. The SMILES string of the molecule is CC=C(OCCCCCCCC)O[Si]C(OC)OC. The first-order valence-electron chi connectivity index (χ1n) is 7.05. The molecule has 0 aliphatic carbocycles. The van der Waals surface area contributed by atoms with E-state index in [-0.39, 0.29) is 15.7 Å². The largest absolute Gasteiger partial charge is 0.511 e. The van der Waals surface area contributed by atoms with Crippen LogP contribution in [-0.2, 0) is 18.6 Å². The van der Waals surface area contributed by atoms with E-state index < -0.39 is 0 Å². The smallest absolute Gasteiger partial charge is 0.380 e. The molecule has 0 amide bonds. The van der Waals surface area contributed by atoms with E-state index in [1.165, 1.54) is 32.1 Å². The first-order valence-corrected chi connectivity index (χ1v) is 8.04. The Bertz CT molecular complexity index is 217. The van der Waals surface area contributed by atoms with Gasteiger partial charge in [0.25, 0.3) is 5.95 Å². The fraction of sp³-hybridized carbons (Fsp3) is 0.857. The molecule has 112 valence electrons. The first-order chi connectivity index (χ1) is 9.28. The van der Waals surface area contributed by atoms with Crippen molar-refractivity contribution in [1.29, 1.82) is 0 Å². The van der Waals surface area contributed by atoms with E-state index in [9.17, 15) is 0 Å². The van der Waals surface area contributed by atoms with Gasteiger partial charge in [-0.1, -0.05) is 39.0 Å². The topological polar surface area (TPSA) is 36.9 Å². The maximum absolute atomic E-state index is 5.57. The van der Waals surface area contributed by atoms with Crippen molar-refractivity contribution in [2.24, 2.45) is 0 Å². The van der Waals surface area contributed by atoms with Crippen LogP contribution < -0.4 is 0 Å². The molecule has 0 rings (SSSR count). The third-order valence-corrected chi connectivity index (χ3v) is 3.64. The quantitative estimate of drug-likeness (QED) is 0.225. The maximum Gasteiger partial charge on any atom is 0.380 e. The van der Waals surface area contributed by atoms with E-state index in [0.29, 0.717) is 12.6 Å². The summed E-state index contributed by atoms with van der Waals surface area (Å²) in [4.78, 5) is 0. The molecule has 0 spiro atoms. The zero-order valence-electron chi connectivity index (χ0n) is 12.7. The highest BCUT2D eigenvalue weighted by atomic mass is 28.2. The van der Waals surface area contributed by atoms with Crippen LogP contribution in [0.2, 0.25) is 0 Å². The molecule has 0 aromatic carbocycles. The fourth-order valence-corrected chi connectivity index (χ4v) is 2.11. The van der Waals surface area contributed by atoms with Gasteiger partial charge in [-0.15, -0.1) is 0 Å². The fourth-order valence-electron chi connectivity index (χ4n) is 1.53. The number of rotatable bonds is 13. The summed E-state index contributed by atoms with van der Waals surface area (Å²) in [5.41, 5.74) is 0. The lowest BCUT2D eigenvalue weighted by Crippen LogP contribution is -2.24. The molecular weight excluding hydrogens is 260 g/mol. The molecule has 5 heteroatoms. The summed E-state index contributed by atoms with van der Waals surface area (Å²) < 4.78 is 21.2. The van der Waals surface area contributed by atoms with Gasteiger partial charge in [-0.05, 0) is 19.4 Å². The van der Waals surface area contributed by atoms with Gasteiger partial charge in [0.05, 0.1) is 6.61 Å². The van der Waals surface area contributed by atoms with Crippen molar-refractivity contribution in [3.05, 3.63) is 12.0 Å². The highest BCUT2D eigenvalue weighted by Crippen LogP contribution is 2.07. The van der Waals surface area contributed by atoms with Crippen LogP contribution in [0.3, 0.4) is 0 Å². The van der Waals surface area contributed by atoms with Crippen LogP contribution in [0.15, 0.2) is 12.0 Å². The number of ether oxygens (including phenoxy) is 3. The van der Waals surface area contributed by atoms with Gasteiger partial charge in [0, 0.05) is 14.2 Å². The van der Waals surface area contributed by atoms with Crippen LogP contribution in [0.25, 0.3) is 0 Å². The summed E-state index contributed by atoms with van der Waals surface area (Å²) in [5, 5.41) is 0. The Morgan fingerprint density at radius 2 is 1.68 bits per heavy atom. The minimum Gasteiger partial charge on any atom is -0.511 e. The molecule has 0 aliphatic rings. The highest BCUT2D eigenvalue weighted by Gasteiger charge is 2.11. The van der Waals surface area contributed by atoms with Crippen molar-refractivity contribution in [1.82, 2.24) is 0 Å². The van der Waals surface area contributed by atoms with Crippen molar-refractivity contribution >= 4 is 9.76 Å². The summed E-state index contributed by atoms with van der Waals surface area (Å²) in [5.74, 6) is 0.235. The predicted octanol–water partition coefficient (Wildman–Crippen LogP) is 3.44. The van der Waals surface area contributed by atoms with E-state index in [1.54, 1.807) is 14.2 Å². The van der Waals surface area contributed by atoms with E-state index in [0.717, 1.165) is 6.42 Å². The molecule has 2 radical (unpaired) electrons. The van der Waals surface area contributed by atoms with Crippen molar-refractivity contribution < 1.29 is 18.6 Å². The van der Waals surface area contributed by atoms with E-state index in [4.69, 9.17) is 18.6 Å². The second-order valence-corrected chi connectivity index (χ2v) is 5.16. The Morgan fingerprint density at radius 3 is 2.26 bits per heavy atom. The van der Waals surface area contributed by atoms with E-state index >= 15 is 0 Å². The summed E-state index contributed by atoms with van der Waals surface area (Å²) in [6.07, 6.45) is 9.36. The molecule has 0 heterocycles. The molecule has 0 aromatic heterocycles. The lowest BCUT2D eigenvalue weighted by Gasteiger charge is -2.15. The van der Waals surface area contributed by atoms with Crippen LogP contribution in [0.1, 0.15) is 52.4 Å². The van der Waals surface area contributed by atoms with Crippen molar-refractivity contribution in [3.63, 3.8) is 0 Å². The minimum atomic E-state index is -0.326. The van der Waals surface area contributed by atoms with Gasteiger partial charge < -0.3 is 18.6 Å². The zero-order valence-corrected chi connectivity index (χ0v) is 13.7. The third-order valence-electron chi connectivity index (χ3n) is 2.66. The van der Waals surface area contributed by atoms with Gasteiger partial charge in [-0.25, -0.2) is 0 Å². The molecule has 4 nitrogen and oxygen atoms in total. The number of methoxy groups -OCH3 is 2. The molecule has 0 unspecified atom stereocenters. The minimum absolute atomic E-state index is 0.0848. The average molecular weight is 288 g/mol. The molecule has 0 N–H and O–H groups in total. The Balaban J connectivity index is 3.55. The molecular formula is C14H28O4Si. The van der Waals surface area contributed by atoms with Crippen LogP contribution in [0, 0.1) is 0 Å². The Labute approximate surface area is 120 Å². The molecule has 0 saturated heterocycles. The van der Waals surface area contributed by atoms with Gasteiger partial charge in [0.2, 0.25) is 0 Å². The molecule has 19 heavy (non-hydrogen) atoms. The number of unbranched alkanes of at least 4 members (excludes halogenated alkanes) is 5. The van der Waals surface area contributed by atoms with Crippen LogP contribution in [-0.4, -0.2) is 36.5 Å². The zero-order chi connectivity index (χ0) is 14.3. The van der Waals surface area contributed by atoms with Crippen LogP contribution in [0.5, 0.6) is 0 Å². The van der Waals surface area contributed by atoms with Crippen LogP contribution in [0.4, 0.5) is 0 Å². The Morgan fingerprint density at radius 1 is 1.05 bits per heavy atom. The van der Waals surface area contributed by atoms with Gasteiger partial charge in [-0.3, -0.25) is 0 Å². The summed E-state index contributed by atoms with van der Waals surface area (Å²) in [7, 11) is 3.27. The number of hydrogen-bond acceptors (Lipinski definition) is 4. The van der Waals surface area contributed by atoms with Gasteiger partial charge in [0.1, 0.15) is 0 Å². The molecule has 0 saturated carbocycles. The maximum atomic E-state index is 5.57. The predicted molar refractivity (Wildman–Crippen MR) is 77.7 cm³/mol. The van der Waals surface area contributed by atoms with Gasteiger partial charge >= 0.3 is 9.76 Å².